The Morgan fingerprint density at radius 1 is 1.03 bits per heavy atom. The van der Waals surface area contributed by atoms with E-state index in [0.29, 0.717) is 11.5 Å². The summed E-state index contributed by atoms with van der Waals surface area (Å²) in [6, 6.07) is 15.3. The minimum absolute atomic E-state index is 0.0927. The first kappa shape index (κ1) is 20.8. The number of amides is 3. The SMILES string of the molecule is CC(C)Cc1ccc([C@H](C)NC(=O)CCN2C(=O)Cc3ccccc3C2=O)cc1. The maximum atomic E-state index is 12.6. The van der Waals surface area contributed by atoms with Crippen LogP contribution in [0.1, 0.15) is 60.3 Å². The summed E-state index contributed by atoms with van der Waals surface area (Å²) < 4.78 is 0. The molecule has 0 aliphatic carbocycles. The van der Waals surface area contributed by atoms with E-state index in [1.807, 2.05) is 25.1 Å². The van der Waals surface area contributed by atoms with Crippen LogP contribution in [0.3, 0.4) is 0 Å². The average molecular weight is 392 g/mol. The van der Waals surface area contributed by atoms with E-state index in [4.69, 9.17) is 0 Å². The molecule has 1 atom stereocenters. The van der Waals surface area contributed by atoms with Gasteiger partial charge in [-0.2, -0.15) is 0 Å². The fourth-order valence-electron chi connectivity index (χ4n) is 3.65. The molecule has 1 N–H and O–H groups in total. The molecule has 0 radical (unpaired) electrons. The predicted molar refractivity (Wildman–Crippen MR) is 112 cm³/mol. The maximum absolute atomic E-state index is 12.6. The standard InChI is InChI=1S/C24H28N2O3/c1-16(2)14-18-8-10-19(11-9-18)17(3)25-22(27)12-13-26-23(28)15-20-6-4-5-7-21(20)24(26)29/h4-11,16-17H,12-15H2,1-3H3,(H,25,27)/t17-/m0/s1. The number of hydrogen-bond acceptors (Lipinski definition) is 3. The highest BCUT2D eigenvalue weighted by molar-refractivity contribution is 6.09. The van der Waals surface area contributed by atoms with Crippen LogP contribution in [0.25, 0.3) is 0 Å². The molecule has 3 amide bonds. The summed E-state index contributed by atoms with van der Waals surface area (Å²) in [6.45, 7) is 6.40. The van der Waals surface area contributed by atoms with Gasteiger partial charge in [-0.25, -0.2) is 0 Å². The Morgan fingerprint density at radius 3 is 2.41 bits per heavy atom. The average Bonchev–Trinajstić information content (AvgIpc) is 2.68. The molecule has 0 spiro atoms. The van der Waals surface area contributed by atoms with Crippen molar-refractivity contribution in [1.29, 1.82) is 0 Å². The summed E-state index contributed by atoms with van der Waals surface area (Å²) in [4.78, 5) is 38.4. The largest absolute Gasteiger partial charge is 0.350 e. The van der Waals surface area contributed by atoms with Gasteiger partial charge in [-0.1, -0.05) is 56.3 Å². The molecule has 152 valence electrons. The number of imide groups is 1. The number of rotatable bonds is 7. The second-order valence-electron chi connectivity index (χ2n) is 8.06. The van der Waals surface area contributed by atoms with Crippen LogP contribution in [-0.2, 0) is 22.4 Å². The number of nitrogens with one attached hydrogen (secondary N) is 1. The molecule has 0 bridgehead atoms. The molecule has 2 aromatic carbocycles. The zero-order valence-electron chi connectivity index (χ0n) is 17.3. The van der Waals surface area contributed by atoms with Crippen molar-refractivity contribution in [2.45, 2.75) is 46.1 Å². The lowest BCUT2D eigenvalue weighted by atomic mass is 9.98. The molecule has 0 aromatic heterocycles. The van der Waals surface area contributed by atoms with Gasteiger partial charge in [-0.3, -0.25) is 19.3 Å². The van der Waals surface area contributed by atoms with Gasteiger partial charge in [0.15, 0.2) is 0 Å². The van der Waals surface area contributed by atoms with Crippen LogP contribution in [0, 0.1) is 5.92 Å². The van der Waals surface area contributed by atoms with Gasteiger partial charge in [0.05, 0.1) is 12.5 Å². The fourth-order valence-corrected chi connectivity index (χ4v) is 3.65. The number of carbonyl (C=O) groups excluding carboxylic acids is 3. The van der Waals surface area contributed by atoms with Gasteiger partial charge in [0.2, 0.25) is 11.8 Å². The first-order valence-electron chi connectivity index (χ1n) is 10.2. The highest BCUT2D eigenvalue weighted by Gasteiger charge is 2.30. The third kappa shape index (κ3) is 5.11. The first-order chi connectivity index (χ1) is 13.8. The minimum atomic E-state index is -0.321. The Morgan fingerprint density at radius 2 is 1.72 bits per heavy atom. The zero-order chi connectivity index (χ0) is 21.0. The molecular formula is C24H28N2O3. The summed E-state index contributed by atoms with van der Waals surface area (Å²) >= 11 is 0. The number of hydrogen-bond donors (Lipinski definition) is 1. The molecule has 0 saturated heterocycles. The smallest absolute Gasteiger partial charge is 0.260 e. The van der Waals surface area contributed by atoms with Crippen molar-refractivity contribution in [3.63, 3.8) is 0 Å². The van der Waals surface area contributed by atoms with E-state index in [2.05, 4.69) is 31.3 Å². The number of carbonyl (C=O) groups is 3. The van der Waals surface area contributed by atoms with Gasteiger partial charge in [-0.15, -0.1) is 0 Å². The van der Waals surface area contributed by atoms with Crippen molar-refractivity contribution in [3.05, 3.63) is 70.8 Å². The van der Waals surface area contributed by atoms with E-state index >= 15 is 0 Å². The lowest BCUT2D eigenvalue weighted by Gasteiger charge is -2.26. The van der Waals surface area contributed by atoms with Gasteiger partial charge in [0.25, 0.3) is 5.91 Å². The third-order valence-electron chi connectivity index (χ3n) is 5.20. The molecule has 5 nitrogen and oxygen atoms in total. The molecular weight excluding hydrogens is 364 g/mol. The Kier molecular flexibility index (Phi) is 6.47. The quantitative estimate of drug-likeness (QED) is 0.731. The summed E-state index contributed by atoms with van der Waals surface area (Å²) in [6.07, 6.45) is 1.32. The van der Waals surface area contributed by atoms with Crippen molar-refractivity contribution in [1.82, 2.24) is 10.2 Å². The second kappa shape index (κ2) is 9.03. The third-order valence-corrected chi connectivity index (χ3v) is 5.20. The van der Waals surface area contributed by atoms with Crippen LogP contribution in [0.4, 0.5) is 0 Å². The summed E-state index contributed by atoms with van der Waals surface area (Å²) in [5, 5.41) is 2.96. The second-order valence-corrected chi connectivity index (χ2v) is 8.06. The molecule has 1 aliphatic rings. The van der Waals surface area contributed by atoms with Gasteiger partial charge >= 0.3 is 0 Å². The summed E-state index contributed by atoms with van der Waals surface area (Å²) in [5.74, 6) is -0.151. The molecule has 0 unspecified atom stereocenters. The molecule has 0 saturated carbocycles. The number of nitrogens with zero attached hydrogens (tertiary/aromatic N) is 1. The van der Waals surface area contributed by atoms with E-state index in [-0.39, 0.29) is 43.1 Å². The molecule has 2 aromatic rings. The van der Waals surface area contributed by atoms with Crippen LogP contribution in [-0.4, -0.2) is 29.2 Å². The van der Waals surface area contributed by atoms with E-state index in [9.17, 15) is 14.4 Å². The first-order valence-corrected chi connectivity index (χ1v) is 10.2. The molecule has 1 aliphatic heterocycles. The van der Waals surface area contributed by atoms with Crippen molar-refractivity contribution in [2.24, 2.45) is 5.92 Å². The van der Waals surface area contributed by atoms with Crippen LogP contribution >= 0.6 is 0 Å². The lowest BCUT2D eigenvalue weighted by Crippen LogP contribution is -2.44. The Bertz CT molecular complexity index is 903. The summed E-state index contributed by atoms with van der Waals surface area (Å²) in [7, 11) is 0. The molecule has 5 heteroatoms. The Hall–Kier alpha value is -2.95. The monoisotopic (exact) mass is 392 g/mol. The highest BCUT2D eigenvalue weighted by Crippen LogP contribution is 2.20. The highest BCUT2D eigenvalue weighted by atomic mass is 16.2. The predicted octanol–water partition coefficient (Wildman–Crippen LogP) is 3.68. The Balaban J connectivity index is 1.54. The molecule has 3 rings (SSSR count). The van der Waals surface area contributed by atoms with Crippen molar-refractivity contribution in [3.8, 4) is 0 Å². The minimum Gasteiger partial charge on any atom is -0.350 e. The normalized spacial score (nSPS) is 14.7. The van der Waals surface area contributed by atoms with Gasteiger partial charge in [0, 0.05) is 18.5 Å². The van der Waals surface area contributed by atoms with Crippen LogP contribution in [0.5, 0.6) is 0 Å². The van der Waals surface area contributed by atoms with Gasteiger partial charge in [-0.05, 0) is 42.0 Å². The zero-order valence-corrected chi connectivity index (χ0v) is 17.3. The van der Waals surface area contributed by atoms with Crippen LogP contribution < -0.4 is 5.32 Å². The lowest BCUT2D eigenvalue weighted by molar-refractivity contribution is -0.129. The maximum Gasteiger partial charge on any atom is 0.260 e. The number of fused-ring (bicyclic) bond motifs is 1. The number of benzene rings is 2. The summed E-state index contributed by atoms with van der Waals surface area (Å²) in [5.41, 5.74) is 3.61. The topological polar surface area (TPSA) is 66.5 Å². The van der Waals surface area contributed by atoms with Crippen molar-refractivity contribution >= 4 is 17.7 Å². The van der Waals surface area contributed by atoms with Gasteiger partial charge in [0.1, 0.15) is 0 Å². The molecule has 0 fully saturated rings. The fraction of sp³-hybridized carbons (Fsp3) is 0.375. The van der Waals surface area contributed by atoms with E-state index in [1.54, 1.807) is 18.2 Å². The van der Waals surface area contributed by atoms with Gasteiger partial charge < -0.3 is 5.32 Å². The molecule has 29 heavy (non-hydrogen) atoms. The van der Waals surface area contributed by atoms with E-state index < -0.39 is 0 Å². The van der Waals surface area contributed by atoms with Crippen LogP contribution in [0.2, 0.25) is 0 Å². The van der Waals surface area contributed by atoms with E-state index in [0.717, 1.165) is 17.5 Å². The van der Waals surface area contributed by atoms with E-state index in [1.165, 1.54) is 10.5 Å². The van der Waals surface area contributed by atoms with Crippen LogP contribution in [0.15, 0.2) is 48.5 Å². The van der Waals surface area contributed by atoms with Crippen molar-refractivity contribution < 1.29 is 14.4 Å². The Labute approximate surface area is 172 Å². The van der Waals surface area contributed by atoms with Crippen molar-refractivity contribution in [2.75, 3.05) is 6.54 Å². The molecule has 1 heterocycles.